The van der Waals surface area contributed by atoms with Gasteiger partial charge in [0.15, 0.2) is 5.78 Å². The van der Waals surface area contributed by atoms with Crippen molar-refractivity contribution in [2.24, 2.45) is 5.41 Å². The van der Waals surface area contributed by atoms with Gasteiger partial charge >= 0.3 is 5.97 Å². The normalized spacial score (nSPS) is 23.7. The molecule has 5 nitrogen and oxygen atoms in total. The van der Waals surface area contributed by atoms with Crippen molar-refractivity contribution in [3.8, 4) is 0 Å². The summed E-state index contributed by atoms with van der Waals surface area (Å²) < 4.78 is 0. The number of nitrogens with zero attached hydrogens (tertiary/aromatic N) is 2. The van der Waals surface area contributed by atoms with E-state index in [0.29, 0.717) is 13.1 Å². The van der Waals surface area contributed by atoms with Crippen LogP contribution in [0.5, 0.6) is 0 Å². The molecule has 0 bridgehead atoms. The van der Waals surface area contributed by atoms with E-state index in [1.165, 1.54) is 0 Å². The number of hydrogen-bond acceptors (Lipinski definition) is 4. The Bertz CT molecular complexity index is 386. The van der Waals surface area contributed by atoms with Crippen LogP contribution in [-0.4, -0.2) is 59.9 Å². The van der Waals surface area contributed by atoms with E-state index >= 15 is 0 Å². The van der Waals surface area contributed by atoms with Crippen LogP contribution < -0.4 is 0 Å². The molecule has 1 aliphatic heterocycles. The van der Waals surface area contributed by atoms with Crippen LogP contribution in [0.3, 0.4) is 0 Å². The fraction of sp³-hybridized carbons (Fsp3) is 0.692. The predicted octanol–water partition coefficient (Wildman–Crippen LogP) is 0.816. The highest BCUT2D eigenvalue weighted by Gasteiger charge is 2.38. The second-order valence-electron chi connectivity index (χ2n) is 5.74. The number of carbonyl (C=O) groups excluding carboxylic acids is 1. The lowest BCUT2D eigenvalue weighted by molar-refractivity contribution is -0.148. The van der Waals surface area contributed by atoms with Gasteiger partial charge in [0.2, 0.25) is 0 Å². The molecule has 0 aliphatic carbocycles. The molecule has 1 saturated heterocycles. The molecule has 1 unspecified atom stereocenters. The molecule has 0 spiro atoms. The average molecular weight is 254 g/mol. The molecule has 1 rings (SSSR count). The van der Waals surface area contributed by atoms with Crippen molar-refractivity contribution >= 4 is 11.8 Å². The number of Topliss-reactive ketones (excluding diaryl/α,β-unsaturated/α-hetero) is 1. The van der Waals surface area contributed by atoms with Crippen LogP contribution in [0.25, 0.3) is 0 Å². The minimum Gasteiger partial charge on any atom is -0.481 e. The van der Waals surface area contributed by atoms with E-state index in [4.69, 9.17) is 5.11 Å². The Kier molecular flexibility index (Phi) is 4.16. The molecule has 0 aromatic carbocycles. The Balaban J connectivity index is 2.84. The van der Waals surface area contributed by atoms with E-state index in [9.17, 15) is 9.59 Å². The van der Waals surface area contributed by atoms with Crippen molar-refractivity contribution in [3.05, 3.63) is 11.8 Å². The van der Waals surface area contributed by atoms with E-state index in [0.717, 1.165) is 5.57 Å². The molecule has 5 heteroatoms. The molecule has 0 amide bonds. The molecule has 1 heterocycles. The van der Waals surface area contributed by atoms with Crippen LogP contribution in [0.15, 0.2) is 11.8 Å². The maximum Gasteiger partial charge on any atom is 0.310 e. The number of carbonyl (C=O) groups is 2. The monoisotopic (exact) mass is 254 g/mol. The fourth-order valence-electron chi connectivity index (χ4n) is 2.07. The number of ketones is 1. The third kappa shape index (κ3) is 3.10. The van der Waals surface area contributed by atoms with E-state index in [1.807, 2.05) is 37.0 Å². The highest BCUT2D eigenvalue weighted by Crippen LogP contribution is 2.26. The van der Waals surface area contributed by atoms with Crippen LogP contribution in [0.4, 0.5) is 0 Å². The number of carboxylic acid groups (broad SMARTS) is 1. The van der Waals surface area contributed by atoms with Gasteiger partial charge in [-0.3, -0.25) is 14.5 Å². The molecule has 0 aromatic heterocycles. The molecule has 0 saturated carbocycles. The van der Waals surface area contributed by atoms with Gasteiger partial charge in [-0.15, -0.1) is 0 Å². The molecule has 18 heavy (non-hydrogen) atoms. The first-order valence-electron chi connectivity index (χ1n) is 6.04. The van der Waals surface area contributed by atoms with Gasteiger partial charge in [-0.2, -0.15) is 0 Å². The molecule has 0 radical (unpaired) electrons. The third-order valence-corrected chi connectivity index (χ3v) is 3.24. The van der Waals surface area contributed by atoms with Crippen LogP contribution >= 0.6 is 0 Å². The van der Waals surface area contributed by atoms with Crippen LogP contribution in [-0.2, 0) is 9.59 Å². The Morgan fingerprint density at radius 1 is 1.56 bits per heavy atom. The van der Waals surface area contributed by atoms with Gasteiger partial charge in [-0.1, -0.05) is 0 Å². The summed E-state index contributed by atoms with van der Waals surface area (Å²) in [5.74, 6) is -0.760. The Morgan fingerprint density at radius 3 is 2.56 bits per heavy atom. The maximum atomic E-state index is 11.9. The Labute approximate surface area is 108 Å². The lowest BCUT2D eigenvalue weighted by Crippen LogP contribution is -2.41. The summed E-state index contributed by atoms with van der Waals surface area (Å²) in [4.78, 5) is 26.8. The summed E-state index contributed by atoms with van der Waals surface area (Å²) in [7, 11) is 3.74. The number of likely N-dealkylation sites (tertiary alicyclic amines) is 1. The molecule has 1 atom stereocenters. The summed E-state index contributed by atoms with van der Waals surface area (Å²) in [5.41, 5.74) is -0.0940. The van der Waals surface area contributed by atoms with Crippen molar-refractivity contribution in [1.82, 2.24) is 9.80 Å². The topological polar surface area (TPSA) is 60.9 Å². The molecule has 1 aliphatic rings. The Morgan fingerprint density at radius 2 is 2.11 bits per heavy atom. The number of aliphatic carboxylic acids is 1. The number of hydrogen-bond donors (Lipinski definition) is 1. The Hall–Kier alpha value is -1.36. The third-order valence-electron chi connectivity index (χ3n) is 3.24. The molecular weight excluding hydrogens is 232 g/mol. The predicted molar refractivity (Wildman–Crippen MR) is 69.2 cm³/mol. The zero-order chi connectivity index (χ0) is 14.1. The van der Waals surface area contributed by atoms with Gasteiger partial charge in [-0.25, -0.2) is 0 Å². The van der Waals surface area contributed by atoms with Crippen molar-refractivity contribution in [3.63, 3.8) is 0 Å². The fourth-order valence-corrected chi connectivity index (χ4v) is 2.07. The first kappa shape index (κ1) is 14.7. The minimum atomic E-state index is -0.845. The van der Waals surface area contributed by atoms with Crippen LogP contribution in [0.2, 0.25) is 0 Å². The summed E-state index contributed by atoms with van der Waals surface area (Å²) in [6, 6.07) is -0.0291. The largest absolute Gasteiger partial charge is 0.481 e. The van der Waals surface area contributed by atoms with Gasteiger partial charge in [0.1, 0.15) is 0 Å². The minimum absolute atomic E-state index is 0.0291. The zero-order valence-corrected chi connectivity index (χ0v) is 11.7. The summed E-state index contributed by atoms with van der Waals surface area (Å²) in [6.07, 6.45) is 1.82. The molecule has 102 valence electrons. The highest BCUT2D eigenvalue weighted by molar-refractivity contribution is 6.00. The lowest BCUT2D eigenvalue weighted by atomic mass is 9.93. The second-order valence-corrected chi connectivity index (χ2v) is 5.74. The zero-order valence-electron chi connectivity index (χ0n) is 11.7. The van der Waals surface area contributed by atoms with E-state index in [2.05, 4.69) is 0 Å². The van der Waals surface area contributed by atoms with Gasteiger partial charge < -0.3 is 10.0 Å². The van der Waals surface area contributed by atoms with Crippen LogP contribution in [0.1, 0.15) is 20.8 Å². The van der Waals surface area contributed by atoms with Crippen LogP contribution in [0, 0.1) is 5.41 Å². The van der Waals surface area contributed by atoms with E-state index in [1.54, 1.807) is 13.8 Å². The summed E-state index contributed by atoms with van der Waals surface area (Å²) in [6.45, 7) is 5.98. The first-order valence-corrected chi connectivity index (χ1v) is 6.04. The smallest absolute Gasteiger partial charge is 0.310 e. The SMILES string of the molecule is CC1C(=CN(C)C)C(=O)CN1CC(C)(C)C(=O)O. The van der Waals surface area contributed by atoms with Crippen molar-refractivity contribution in [2.75, 3.05) is 27.2 Å². The molecule has 1 N–H and O–H groups in total. The molecule has 1 fully saturated rings. The molecular formula is C13H22N2O3. The standard InChI is InChI=1S/C13H22N2O3/c1-9-10(6-14(4)5)11(16)7-15(9)8-13(2,3)12(17)18/h6,9H,7-8H2,1-5H3,(H,17,18). The van der Waals surface area contributed by atoms with Gasteiger partial charge in [0, 0.05) is 38.5 Å². The lowest BCUT2D eigenvalue weighted by Gasteiger charge is -2.28. The molecule has 0 aromatic rings. The van der Waals surface area contributed by atoms with Gasteiger partial charge in [-0.05, 0) is 20.8 Å². The van der Waals surface area contributed by atoms with Crippen molar-refractivity contribution in [1.29, 1.82) is 0 Å². The first-order chi connectivity index (χ1) is 8.15. The quantitative estimate of drug-likeness (QED) is 0.752. The summed E-state index contributed by atoms with van der Waals surface area (Å²) >= 11 is 0. The van der Waals surface area contributed by atoms with Gasteiger partial charge in [0.25, 0.3) is 0 Å². The van der Waals surface area contributed by atoms with Crippen molar-refractivity contribution < 1.29 is 14.7 Å². The number of rotatable bonds is 4. The summed E-state index contributed by atoms with van der Waals surface area (Å²) in [5, 5.41) is 9.13. The average Bonchev–Trinajstić information content (AvgIpc) is 2.44. The van der Waals surface area contributed by atoms with E-state index < -0.39 is 11.4 Å². The number of carboxylic acids is 1. The highest BCUT2D eigenvalue weighted by atomic mass is 16.4. The maximum absolute atomic E-state index is 11.9. The van der Waals surface area contributed by atoms with Crippen molar-refractivity contribution in [2.45, 2.75) is 26.8 Å². The second kappa shape index (κ2) is 5.10. The van der Waals surface area contributed by atoms with Gasteiger partial charge in [0.05, 0.1) is 12.0 Å². The van der Waals surface area contributed by atoms with E-state index in [-0.39, 0.29) is 11.8 Å².